The highest BCUT2D eigenvalue weighted by atomic mass is 32.1. The van der Waals surface area contributed by atoms with E-state index in [2.05, 4.69) is 12.2 Å². The number of hydrogen-bond donors (Lipinski definition) is 1. The molecule has 5 heteroatoms. The third kappa shape index (κ3) is 2.24. The number of hydrogen-bond acceptors (Lipinski definition) is 3. The molecule has 0 aliphatic carbocycles. The molecule has 1 saturated heterocycles. The molecule has 72 valence electrons. The molecule has 0 bridgehead atoms. The summed E-state index contributed by atoms with van der Waals surface area (Å²) < 4.78 is 0. The maximum absolute atomic E-state index is 11.3. The summed E-state index contributed by atoms with van der Waals surface area (Å²) in [7, 11) is 0. The minimum absolute atomic E-state index is 0.110. The van der Waals surface area contributed by atoms with Crippen LogP contribution in [0.25, 0.3) is 0 Å². The summed E-state index contributed by atoms with van der Waals surface area (Å²) in [5, 5.41) is 0. The first-order chi connectivity index (χ1) is 6.02. The topological polar surface area (TPSA) is 63.4 Å². The van der Waals surface area contributed by atoms with Gasteiger partial charge in [-0.1, -0.05) is 19.1 Å². The smallest absolute Gasteiger partial charge is 0.232 e. The van der Waals surface area contributed by atoms with E-state index in [-0.39, 0.29) is 17.7 Å². The Balaban J connectivity index is 2.54. The van der Waals surface area contributed by atoms with Gasteiger partial charge in [0, 0.05) is 25.3 Å². The number of imide groups is 1. The van der Waals surface area contributed by atoms with Gasteiger partial charge in [-0.05, 0) is 0 Å². The summed E-state index contributed by atoms with van der Waals surface area (Å²) in [6.07, 6.45) is 0.732. The standard InChI is InChI=1S/C8H12N2O2S/c1-5-4-7(11)10(8(5)12)3-2-6(9)13/h5H,2-4H2,1H3,(H2,9,13). The van der Waals surface area contributed by atoms with Crippen LogP contribution in [0.1, 0.15) is 19.8 Å². The average molecular weight is 200 g/mol. The molecule has 0 spiro atoms. The SMILES string of the molecule is CC1CC(=O)N(CCC(N)=S)C1=O. The van der Waals surface area contributed by atoms with E-state index >= 15 is 0 Å². The molecule has 0 aromatic carbocycles. The fraction of sp³-hybridized carbons (Fsp3) is 0.625. The van der Waals surface area contributed by atoms with E-state index < -0.39 is 0 Å². The lowest BCUT2D eigenvalue weighted by atomic mass is 10.1. The van der Waals surface area contributed by atoms with Crippen molar-refractivity contribution >= 4 is 29.0 Å². The quantitative estimate of drug-likeness (QED) is 0.517. The molecule has 0 radical (unpaired) electrons. The van der Waals surface area contributed by atoms with Crippen molar-refractivity contribution in [3.8, 4) is 0 Å². The van der Waals surface area contributed by atoms with Crippen LogP contribution in [-0.4, -0.2) is 28.2 Å². The molecule has 13 heavy (non-hydrogen) atoms. The van der Waals surface area contributed by atoms with Crippen LogP contribution >= 0.6 is 12.2 Å². The predicted octanol–water partition coefficient (Wildman–Crippen LogP) is 0.0576. The van der Waals surface area contributed by atoms with Gasteiger partial charge < -0.3 is 5.73 Å². The fourth-order valence-electron chi connectivity index (χ4n) is 1.31. The van der Waals surface area contributed by atoms with Gasteiger partial charge in [0.25, 0.3) is 0 Å². The number of thiocarbonyl (C=S) groups is 1. The number of carbonyl (C=O) groups excluding carboxylic acids is 2. The van der Waals surface area contributed by atoms with Crippen molar-refractivity contribution in [1.29, 1.82) is 0 Å². The monoisotopic (exact) mass is 200 g/mol. The van der Waals surface area contributed by atoms with Crippen LogP contribution in [0, 0.1) is 5.92 Å². The molecule has 0 aromatic rings. The van der Waals surface area contributed by atoms with Crippen molar-refractivity contribution in [2.75, 3.05) is 6.54 Å². The predicted molar refractivity (Wildman–Crippen MR) is 51.9 cm³/mol. The van der Waals surface area contributed by atoms with Crippen molar-refractivity contribution in [2.24, 2.45) is 11.7 Å². The Labute approximate surface area is 82.1 Å². The van der Waals surface area contributed by atoms with Gasteiger partial charge in [0.1, 0.15) is 0 Å². The number of amides is 2. The van der Waals surface area contributed by atoms with Crippen LogP contribution in [0.2, 0.25) is 0 Å². The Morgan fingerprint density at radius 1 is 1.69 bits per heavy atom. The minimum atomic E-state index is -0.182. The first-order valence-electron chi connectivity index (χ1n) is 4.15. The van der Waals surface area contributed by atoms with Crippen LogP contribution in [0.15, 0.2) is 0 Å². The zero-order valence-corrected chi connectivity index (χ0v) is 8.26. The van der Waals surface area contributed by atoms with Crippen molar-refractivity contribution in [3.05, 3.63) is 0 Å². The zero-order valence-electron chi connectivity index (χ0n) is 7.45. The van der Waals surface area contributed by atoms with Crippen molar-refractivity contribution in [3.63, 3.8) is 0 Å². The molecule has 2 amide bonds. The van der Waals surface area contributed by atoms with Gasteiger partial charge in [0.2, 0.25) is 11.8 Å². The molecule has 1 heterocycles. The van der Waals surface area contributed by atoms with E-state index in [1.54, 1.807) is 6.92 Å². The zero-order chi connectivity index (χ0) is 10.0. The molecule has 4 nitrogen and oxygen atoms in total. The molecule has 2 N–H and O–H groups in total. The Morgan fingerprint density at radius 2 is 2.31 bits per heavy atom. The number of nitrogens with zero attached hydrogens (tertiary/aromatic N) is 1. The Bertz CT molecular complexity index is 265. The van der Waals surface area contributed by atoms with Crippen LogP contribution in [0.5, 0.6) is 0 Å². The van der Waals surface area contributed by atoms with Crippen LogP contribution in [0.3, 0.4) is 0 Å². The third-order valence-electron chi connectivity index (χ3n) is 2.05. The molecular formula is C8H12N2O2S. The Hall–Kier alpha value is -0.970. The Kier molecular flexibility index (Phi) is 2.98. The molecule has 1 fully saturated rings. The van der Waals surface area contributed by atoms with Crippen LogP contribution in [-0.2, 0) is 9.59 Å². The average Bonchev–Trinajstić information content (AvgIpc) is 2.24. The van der Waals surface area contributed by atoms with Crippen molar-refractivity contribution < 1.29 is 9.59 Å². The highest BCUT2D eigenvalue weighted by Gasteiger charge is 2.34. The van der Waals surface area contributed by atoms with Crippen LogP contribution < -0.4 is 5.73 Å². The molecule has 1 atom stereocenters. The van der Waals surface area contributed by atoms with Crippen molar-refractivity contribution in [1.82, 2.24) is 4.90 Å². The second-order valence-electron chi connectivity index (χ2n) is 3.21. The second kappa shape index (κ2) is 3.83. The summed E-state index contributed by atoms with van der Waals surface area (Å²) in [6, 6.07) is 0. The van der Waals surface area contributed by atoms with Gasteiger partial charge in [0.05, 0.1) is 4.99 Å². The van der Waals surface area contributed by atoms with E-state index in [1.807, 2.05) is 0 Å². The summed E-state index contributed by atoms with van der Waals surface area (Å²) in [5.41, 5.74) is 5.28. The Morgan fingerprint density at radius 3 is 2.69 bits per heavy atom. The van der Waals surface area contributed by atoms with E-state index in [0.717, 1.165) is 0 Å². The van der Waals surface area contributed by atoms with E-state index in [4.69, 9.17) is 5.73 Å². The summed E-state index contributed by atoms with van der Waals surface area (Å²) in [4.78, 5) is 24.2. The molecule has 1 unspecified atom stereocenters. The van der Waals surface area contributed by atoms with Gasteiger partial charge in [-0.3, -0.25) is 14.5 Å². The number of carbonyl (C=O) groups is 2. The van der Waals surface area contributed by atoms with E-state index in [1.165, 1.54) is 4.90 Å². The lowest BCUT2D eigenvalue weighted by Crippen LogP contribution is -2.33. The maximum Gasteiger partial charge on any atom is 0.232 e. The number of likely N-dealkylation sites (tertiary alicyclic amines) is 1. The van der Waals surface area contributed by atoms with Crippen LogP contribution in [0.4, 0.5) is 0 Å². The van der Waals surface area contributed by atoms with Gasteiger partial charge in [0.15, 0.2) is 0 Å². The first kappa shape index (κ1) is 10.1. The normalized spacial score (nSPS) is 22.5. The van der Waals surface area contributed by atoms with E-state index in [9.17, 15) is 9.59 Å². The largest absolute Gasteiger partial charge is 0.393 e. The highest BCUT2D eigenvalue weighted by Crippen LogP contribution is 2.18. The lowest BCUT2D eigenvalue weighted by molar-refractivity contribution is -0.139. The summed E-state index contributed by atoms with van der Waals surface area (Å²) in [5.74, 6) is -0.408. The molecule has 0 aromatic heterocycles. The van der Waals surface area contributed by atoms with Gasteiger partial charge in [-0.25, -0.2) is 0 Å². The third-order valence-corrected chi connectivity index (χ3v) is 2.26. The first-order valence-corrected chi connectivity index (χ1v) is 4.55. The van der Waals surface area contributed by atoms with Crippen molar-refractivity contribution in [2.45, 2.75) is 19.8 Å². The number of nitrogens with two attached hydrogens (primary N) is 1. The fourth-order valence-corrected chi connectivity index (χ4v) is 1.40. The second-order valence-corrected chi connectivity index (χ2v) is 3.73. The molecule has 1 aliphatic heterocycles. The number of rotatable bonds is 3. The lowest BCUT2D eigenvalue weighted by Gasteiger charge is -2.12. The summed E-state index contributed by atoms with van der Waals surface area (Å²) in [6.45, 7) is 2.08. The van der Waals surface area contributed by atoms with E-state index in [0.29, 0.717) is 24.4 Å². The summed E-state index contributed by atoms with van der Waals surface area (Å²) >= 11 is 4.67. The highest BCUT2D eigenvalue weighted by molar-refractivity contribution is 7.80. The molecule has 1 aliphatic rings. The maximum atomic E-state index is 11.3. The van der Waals surface area contributed by atoms with Gasteiger partial charge in [-0.2, -0.15) is 0 Å². The van der Waals surface area contributed by atoms with Gasteiger partial charge in [-0.15, -0.1) is 0 Å². The minimum Gasteiger partial charge on any atom is -0.393 e. The molecular weight excluding hydrogens is 188 g/mol. The molecule has 0 saturated carbocycles. The van der Waals surface area contributed by atoms with Gasteiger partial charge >= 0.3 is 0 Å². The molecule has 1 rings (SSSR count).